The van der Waals surface area contributed by atoms with Gasteiger partial charge in [0, 0.05) is 0 Å². The van der Waals surface area contributed by atoms with E-state index in [0.717, 1.165) is 0 Å². The van der Waals surface area contributed by atoms with Gasteiger partial charge in [0.25, 0.3) is 0 Å². The van der Waals surface area contributed by atoms with Gasteiger partial charge in [0.2, 0.25) is 22.8 Å². The van der Waals surface area contributed by atoms with E-state index >= 15 is 0 Å². The molecule has 0 heterocycles. The van der Waals surface area contributed by atoms with E-state index in [1.165, 1.54) is 0 Å². The van der Waals surface area contributed by atoms with Crippen molar-refractivity contribution in [1.82, 2.24) is 5.32 Å². The molecule has 1 nitrogen and oxygen atoms in total. The Kier molecular flexibility index (Phi) is 11.5. The molecule has 0 spiro atoms. The minimum absolute atomic E-state index is 2.88. The lowest BCUT2D eigenvalue weighted by Gasteiger charge is -2.57. The average molecular weight is 748 g/mol. The van der Waals surface area contributed by atoms with Gasteiger partial charge in [0.15, 0.2) is 11.1 Å². The Morgan fingerprint density at radius 2 is 0.370 bits per heavy atom. The van der Waals surface area contributed by atoms with Crippen LogP contribution >= 0.6 is 209 Å². The summed E-state index contributed by atoms with van der Waals surface area (Å²) < 4.78 is -17.3. The lowest BCUT2D eigenvalue weighted by molar-refractivity contribution is 0.200. The van der Waals surface area contributed by atoms with E-state index in [9.17, 15) is 0 Å². The lowest BCUT2D eigenvalue weighted by atomic mass is 9.96. The SMILES string of the molecule is ClC(Cl)(Cl)C([N]C(C(Cl)(Cl)Cl)(C(Cl)(Cl)Cl)C(Cl)(Cl)Cl)(C(Cl)(Cl)Cl)C(Cl)(Cl)Cl. The third-order valence-electron chi connectivity index (χ3n) is 2.80. The van der Waals surface area contributed by atoms with Gasteiger partial charge in [0.05, 0.1) is 0 Å². The Morgan fingerprint density at radius 1 is 0.259 bits per heavy atom. The molecular weight excluding hydrogens is 748 g/mol. The molecule has 0 unspecified atom stereocenters. The molecule has 0 bridgehead atoms. The van der Waals surface area contributed by atoms with Gasteiger partial charge in [-0.1, -0.05) is 209 Å². The number of hydrogen-bond acceptors (Lipinski definition) is 0. The Labute approximate surface area is 244 Å². The first-order valence-corrected chi connectivity index (χ1v) is 12.2. The summed E-state index contributed by atoms with van der Waals surface area (Å²) in [6.45, 7) is 0. The quantitative estimate of drug-likeness (QED) is 0.250. The fourth-order valence-corrected chi connectivity index (χ4v) is 10.1. The first-order chi connectivity index (χ1) is 11.2. The molecular formula is C8Cl18N. The smallest absolute Gasteiger partial charge is 0.202 e. The Hall–Kier alpha value is 5.18. The van der Waals surface area contributed by atoms with Crippen LogP contribution in [0.5, 0.6) is 0 Å². The molecule has 0 aromatic heterocycles. The van der Waals surface area contributed by atoms with Crippen LogP contribution in [0.4, 0.5) is 0 Å². The average Bonchev–Trinajstić information content (AvgIpc) is 2.16. The van der Waals surface area contributed by atoms with E-state index in [2.05, 4.69) is 5.32 Å². The van der Waals surface area contributed by atoms with Crippen molar-refractivity contribution in [2.24, 2.45) is 0 Å². The predicted molar refractivity (Wildman–Crippen MR) is 129 cm³/mol. The molecule has 0 aromatic rings. The normalized spacial score (nSPS) is 16.7. The third kappa shape index (κ3) is 6.25. The highest BCUT2D eigenvalue weighted by atomic mass is 35.6. The third-order valence-corrected chi connectivity index (χ3v) is 7.72. The molecule has 0 saturated heterocycles. The summed E-state index contributed by atoms with van der Waals surface area (Å²) >= 11 is 107. The molecule has 0 atom stereocenters. The van der Waals surface area contributed by atoms with Crippen LogP contribution in [0, 0.1) is 0 Å². The van der Waals surface area contributed by atoms with Gasteiger partial charge in [0.1, 0.15) is 0 Å². The maximum Gasteiger partial charge on any atom is 0.218 e. The predicted octanol–water partition coefficient (Wildman–Crippen LogP) is 10.3. The largest absolute Gasteiger partial charge is 0.218 e. The van der Waals surface area contributed by atoms with Crippen molar-refractivity contribution in [3.8, 4) is 0 Å². The van der Waals surface area contributed by atoms with Gasteiger partial charge in [-0.15, -0.1) is 0 Å². The second-order valence-electron chi connectivity index (χ2n) is 4.52. The van der Waals surface area contributed by atoms with E-state index in [4.69, 9.17) is 209 Å². The summed E-state index contributed by atoms with van der Waals surface area (Å²) in [5, 5.41) is 3.79. The summed E-state index contributed by atoms with van der Waals surface area (Å²) in [4.78, 5) is 0. The zero-order valence-corrected chi connectivity index (χ0v) is 24.9. The molecule has 0 fully saturated rings. The van der Waals surface area contributed by atoms with Crippen LogP contribution in [-0.2, 0) is 0 Å². The van der Waals surface area contributed by atoms with Crippen molar-refractivity contribution < 1.29 is 0 Å². The first-order valence-electron chi connectivity index (χ1n) is 5.35. The van der Waals surface area contributed by atoms with Crippen molar-refractivity contribution in [1.29, 1.82) is 0 Å². The van der Waals surface area contributed by atoms with Gasteiger partial charge in [-0.2, -0.15) is 0 Å². The standard InChI is InChI=1S/C8Cl18N/c9-3(10,11)1(4(12,13)14,5(15,16)17)27-2(6(18,19)20,7(21,22)23)8(24,25)26. The Morgan fingerprint density at radius 3 is 0.444 bits per heavy atom. The van der Waals surface area contributed by atoms with E-state index < -0.39 is 33.8 Å². The Balaban J connectivity index is 7.45. The van der Waals surface area contributed by atoms with Crippen LogP contribution in [0.15, 0.2) is 0 Å². The van der Waals surface area contributed by atoms with Crippen molar-refractivity contribution in [3.63, 3.8) is 0 Å². The molecule has 19 heteroatoms. The van der Waals surface area contributed by atoms with Crippen LogP contribution < -0.4 is 5.32 Å². The second-order valence-corrected chi connectivity index (χ2v) is 18.2. The van der Waals surface area contributed by atoms with Crippen LogP contribution in [0.3, 0.4) is 0 Å². The van der Waals surface area contributed by atoms with E-state index in [1.54, 1.807) is 0 Å². The van der Waals surface area contributed by atoms with Gasteiger partial charge < -0.3 is 0 Å². The van der Waals surface area contributed by atoms with Gasteiger partial charge in [-0.05, 0) is 0 Å². The molecule has 0 aliphatic heterocycles. The fourth-order valence-electron chi connectivity index (χ4n) is 1.60. The summed E-state index contributed by atoms with van der Waals surface area (Å²) in [5.74, 6) is 0. The van der Waals surface area contributed by atoms with Gasteiger partial charge in [-0.3, -0.25) is 0 Å². The second kappa shape index (κ2) is 9.67. The summed E-state index contributed by atoms with van der Waals surface area (Å²) in [6, 6.07) is 0. The molecule has 0 rings (SSSR count). The van der Waals surface area contributed by atoms with Crippen molar-refractivity contribution in [2.75, 3.05) is 0 Å². The molecule has 0 aliphatic rings. The maximum absolute atomic E-state index is 5.92. The number of halogens is 18. The van der Waals surface area contributed by atoms with Crippen LogP contribution in [-0.4, -0.2) is 33.8 Å². The van der Waals surface area contributed by atoms with Crippen molar-refractivity contribution in [2.45, 2.75) is 33.8 Å². The fraction of sp³-hybridized carbons (Fsp3) is 1.00. The lowest BCUT2D eigenvalue weighted by Crippen LogP contribution is -2.80. The number of hydrogen-bond donors (Lipinski definition) is 0. The molecule has 0 aromatic carbocycles. The highest BCUT2D eigenvalue weighted by Gasteiger charge is 2.81. The minimum Gasteiger partial charge on any atom is -0.202 e. The van der Waals surface area contributed by atoms with E-state index in [0.29, 0.717) is 0 Å². The highest BCUT2D eigenvalue weighted by molar-refractivity contribution is 6.81. The zero-order valence-electron chi connectivity index (χ0n) is 11.3. The summed E-state index contributed by atoms with van der Waals surface area (Å²) in [6.07, 6.45) is 0. The van der Waals surface area contributed by atoms with Crippen LogP contribution in [0.1, 0.15) is 0 Å². The van der Waals surface area contributed by atoms with Crippen LogP contribution in [0.25, 0.3) is 0 Å². The zero-order chi connectivity index (χ0) is 22.7. The molecule has 0 aliphatic carbocycles. The topological polar surface area (TPSA) is 14.1 Å². The van der Waals surface area contributed by atoms with Gasteiger partial charge in [-0.25, -0.2) is 5.32 Å². The number of rotatable bonds is 2. The van der Waals surface area contributed by atoms with Gasteiger partial charge >= 0.3 is 0 Å². The summed E-state index contributed by atoms with van der Waals surface area (Å²) in [7, 11) is 0. The molecule has 0 amide bonds. The summed E-state index contributed by atoms with van der Waals surface area (Å²) in [5.41, 5.74) is -6.16. The maximum atomic E-state index is 5.92. The molecule has 1 radical (unpaired) electrons. The molecule has 163 valence electrons. The number of nitrogens with zero attached hydrogens (tertiary/aromatic N) is 1. The molecule has 0 saturated carbocycles. The van der Waals surface area contributed by atoms with E-state index in [-0.39, 0.29) is 0 Å². The van der Waals surface area contributed by atoms with Crippen molar-refractivity contribution in [3.05, 3.63) is 0 Å². The first kappa shape index (κ1) is 32.2. The minimum atomic E-state index is -3.08. The monoisotopic (exact) mass is 739 g/mol. The highest BCUT2D eigenvalue weighted by Crippen LogP contribution is 2.68. The molecule has 27 heavy (non-hydrogen) atoms. The van der Waals surface area contributed by atoms with Crippen LogP contribution in [0.2, 0.25) is 0 Å². The Bertz CT molecular complexity index is 398. The molecule has 0 N–H and O–H groups in total. The number of alkyl halides is 18. The van der Waals surface area contributed by atoms with Crippen molar-refractivity contribution >= 4 is 209 Å². The van der Waals surface area contributed by atoms with E-state index in [1.807, 2.05) is 0 Å².